The van der Waals surface area contributed by atoms with Gasteiger partial charge in [0.15, 0.2) is 0 Å². The second-order valence-electron chi connectivity index (χ2n) is 7.91. The molecular weight excluding hydrogens is 424 g/mol. The van der Waals surface area contributed by atoms with Gasteiger partial charge in [0.25, 0.3) is 0 Å². The third kappa shape index (κ3) is 11.1. The number of morpholine rings is 1. The van der Waals surface area contributed by atoms with Crippen LogP contribution < -0.4 is 26.0 Å². The summed E-state index contributed by atoms with van der Waals surface area (Å²) >= 11 is 0. The summed E-state index contributed by atoms with van der Waals surface area (Å²) in [5, 5.41) is 13.0. The van der Waals surface area contributed by atoms with Crippen LogP contribution in [-0.2, 0) is 11.2 Å². The Morgan fingerprint density at radius 1 is 1.29 bits per heavy atom. The molecule has 0 radical (unpaired) electrons. The fourth-order valence-corrected chi connectivity index (χ4v) is 3.64. The van der Waals surface area contributed by atoms with E-state index < -0.39 is 0 Å². The van der Waals surface area contributed by atoms with Gasteiger partial charge in [-0.3, -0.25) is 0 Å². The summed E-state index contributed by atoms with van der Waals surface area (Å²) in [7, 11) is 5.54. The lowest BCUT2D eigenvalue weighted by atomic mass is 9.99. The van der Waals surface area contributed by atoms with E-state index in [4.69, 9.17) is 9.47 Å². The maximum atomic E-state index is 5.53. The molecule has 4 N–H and O–H groups in total. The smallest absolute Gasteiger partial charge is 0.119 e. The largest absolute Gasteiger partial charge is 0.497 e. The topological polar surface area (TPSA) is 66.6 Å². The van der Waals surface area contributed by atoms with Gasteiger partial charge in [-0.05, 0) is 62.2 Å². The monoisotopic (exact) mass is 470 g/mol. The molecule has 2 heterocycles. The van der Waals surface area contributed by atoms with Gasteiger partial charge in [-0.2, -0.15) is 0 Å². The van der Waals surface area contributed by atoms with Crippen LogP contribution in [-0.4, -0.2) is 59.6 Å². The van der Waals surface area contributed by atoms with Crippen LogP contribution in [0.15, 0.2) is 72.6 Å². The molecule has 34 heavy (non-hydrogen) atoms. The van der Waals surface area contributed by atoms with E-state index in [1.54, 1.807) is 7.11 Å². The Morgan fingerprint density at radius 2 is 2.09 bits per heavy atom. The maximum absolute atomic E-state index is 5.53. The molecule has 0 bridgehead atoms. The first-order valence-corrected chi connectivity index (χ1v) is 12.4. The van der Waals surface area contributed by atoms with Crippen molar-refractivity contribution in [3.8, 4) is 5.75 Å². The fourth-order valence-electron chi connectivity index (χ4n) is 3.64. The summed E-state index contributed by atoms with van der Waals surface area (Å²) in [6.07, 6.45) is 9.81. The summed E-state index contributed by atoms with van der Waals surface area (Å²) < 4.78 is 10.8. The highest BCUT2D eigenvalue weighted by Crippen LogP contribution is 2.19. The van der Waals surface area contributed by atoms with E-state index in [2.05, 4.69) is 52.6 Å². The minimum Gasteiger partial charge on any atom is -0.497 e. The van der Waals surface area contributed by atoms with Gasteiger partial charge in [0.2, 0.25) is 0 Å². The molecule has 0 spiro atoms. The van der Waals surface area contributed by atoms with Crippen LogP contribution in [0.4, 0.5) is 0 Å². The van der Waals surface area contributed by atoms with Crippen molar-refractivity contribution in [3.63, 3.8) is 0 Å². The normalized spacial score (nSPS) is 19.0. The van der Waals surface area contributed by atoms with Crippen molar-refractivity contribution in [1.82, 2.24) is 21.3 Å². The van der Waals surface area contributed by atoms with Gasteiger partial charge in [0, 0.05) is 26.2 Å². The number of hydrogen-bond acceptors (Lipinski definition) is 6. The van der Waals surface area contributed by atoms with Crippen molar-refractivity contribution in [2.45, 2.75) is 45.3 Å². The van der Waals surface area contributed by atoms with Crippen molar-refractivity contribution in [1.29, 1.82) is 0 Å². The number of ether oxygens (including phenoxy) is 2. The van der Waals surface area contributed by atoms with Gasteiger partial charge in [-0.25, -0.2) is 0 Å². The standard InChI is InChI=1S/C18H22N2O.C8H18N2O.C2H6/c1-5-14-9-16(20-18(12-14)13(2)19-3)10-15-7-6-8-17(11-15)21-4;1-9-4-2-3-8-7-10-5-6-11-8;1-2/h5-9,11-12,16,19-20H,1-2,10H2,3-4H3;8-10H,2-7H2,1H3;1-2H3. The van der Waals surface area contributed by atoms with E-state index in [9.17, 15) is 0 Å². The molecule has 6 nitrogen and oxygen atoms in total. The SMILES string of the molecule is C=CC1=CC(Cc2cccc(OC)c2)NC(C(=C)NC)=C1.CC.CNCCCC1CNCCO1. The van der Waals surface area contributed by atoms with Gasteiger partial charge < -0.3 is 30.7 Å². The predicted octanol–water partition coefficient (Wildman–Crippen LogP) is 3.94. The lowest BCUT2D eigenvalue weighted by molar-refractivity contribution is 0.0226. The number of dihydropyridines is 1. The van der Waals surface area contributed by atoms with E-state index in [1.807, 2.05) is 52.2 Å². The van der Waals surface area contributed by atoms with Crippen molar-refractivity contribution in [2.24, 2.45) is 0 Å². The van der Waals surface area contributed by atoms with E-state index in [0.717, 1.165) is 55.4 Å². The van der Waals surface area contributed by atoms with Crippen molar-refractivity contribution in [2.75, 3.05) is 47.4 Å². The average Bonchev–Trinajstić information content (AvgIpc) is 2.90. The number of allylic oxidation sites excluding steroid dienone is 3. The molecule has 1 saturated heterocycles. The Bertz CT molecular complexity index is 782. The molecule has 3 rings (SSSR count). The predicted molar refractivity (Wildman–Crippen MR) is 145 cm³/mol. The molecule has 2 aliphatic rings. The van der Waals surface area contributed by atoms with Crippen LogP contribution in [0.1, 0.15) is 32.3 Å². The number of benzene rings is 1. The van der Waals surface area contributed by atoms with Gasteiger partial charge in [0.1, 0.15) is 5.75 Å². The highest BCUT2D eigenvalue weighted by atomic mass is 16.5. The number of rotatable bonds is 10. The minimum absolute atomic E-state index is 0.204. The Morgan fingerprint density at radius 3 is 2.71 bits per heavy atom. The van der Waals surface area contributed by atoms with Crippen molar-refractivity contribution in [3.05, 3.63) is 78.2 Å². The summed E-state index contributed by atoms with van der Waals surface area (Å²) in [5.74, 6) is 0.881. The van der Waals surface area contributed by atoms with Crippen LogP contribution >= 0.6 is 0 Å². The number of likely N-dealkylation sites (N-methyl/N-ethyl adjacent to an activating group) is 1. The Balaban J connectivity index is 0.000000374. The molecule has 2 atom stereocenters. The Labute approximate surface area is 207 Å². The van der Waals surface area contributed by atoms with Crippen molar-refractivity contribution >= 4 is 0 Å². The summed E-state index contributed by atoms with van der Waals surface area (Å²) in [6, 6.07) is 8.34. The molecule has 0 amide bonds. The third-order valence-electron chi connectivity index (χ3n) is 5.46. The first-order valence-electron chi connectivity index (χ1n) is 12.4. The summed E-state index contributed by atoms with van der Waals surface area (Å²) in [6.45, 7) is 15.9. The first kappa shape index (κ1) is 29.5. The van der Waals surface area contributed by atoms with E-state index in [-0.39, 0.29) is 6.04 Å². The highest BCUT2D eigenvalue weighted by molar-refractivity contribution is 5.43. The Hall–Kier alpha value is -2.54. The molecule has 1 aromatic carbocycles. The summed E-state index contributed by atoms with van der Waals surface area (Å²) in [5.41, 5.74) is 4.21. The number of nitrogens with one attached hydrogen (secondary N) is 4. The molecule has 6 heteroatoms. The second-order valence-corrected chi connectivity index (χ2v) is 7.91. The average molecular weight is 471 g/mol. The molecule has 0 aliphatic carbocycles. The summed E-state index contributed by atoms with van der Waals surface area (Å²) in [4.78, 5) is 0. The van der Waals surface area contributed by atoms with Crippen LogP contribution in [0.2, 0.25) is 0 Å². The molecule has 190 valence electrons. The van der Waals surface area contributed by atoms with Crippen LogP contribution in [0.5, 0.6) is 5.75 Å². The van der Waals surface area contributed by atoms with Gasteiger partial charge in [-0.15, -0.1) is 0 Å². The zero-order valence-corrected chi connectivity index (χ0v) is 21.9. The molecule has 0 saturated carbocycles. The second kappa shape index (κ2) is 17.9. The van der Waals surface area contributed by atoms with Crippen LogP contribution in [0.3, 0.4) is 0 Å². The minimum atomic E-state index is 0.204. The number of methoxy groups -OCH3 is 1. The van der Waals surface area contributed by atoms with Crippen LogP contribution in [0.25, 0.3) is 0 Å². The highest BCUT2D eigenvalue weighted by Gasteiger charge is 2.15. The quantitative estimate of drug-likeness (QED) is 0.389. The zero-order valence-electron chi connectivity index (χ0n) is 21.9. The van der Waals surface area contributed by atoms with E-state index in [0.29, 0.717) is 6.10 Å². The van der Waals surface area contributed by atoms with Gasteiger partial charge in [-0.1, -0.05) is 51.3 Å². The number of hydrogen-bond donors (Lipinski definition) is 4. The van der Waals surface area contributed by atoms with Crippen LogP contribution in [0, 0.1) is 0 Å². The van der Waals surface area contributed by atoms with E-state index in [1.165, 1.54) is 18.4 Å². The molecule has 2 aliphatic heterocycles. The molecular formula is C28H46N4O2. The van der Waals surface area contributed by atoms with Gasteiger partial charge >= 0.3 is 0 Å². The maximum Gasteiger partial charge on any atom is 0.119 e. The molecule has 1 fully saturated rings. The lowest BCUT2D eigenvalue weighted by Crippen LogP contribution is -2.38. The van der Waals surface area contributed by atoms with Crippen molar-refractivity contribution < 1.29 is 9.47 Å². The van der Waals surface area contributed by atoms with E-state index >= 15 is 0 Å². The third-order valence-corrected chi connectivity index (χ3v) is 5.46. The molecule has 2 unspecified atom stereocenters. The molecule has 1 aromatic rings. The molecule has 0 aromatic heterocycles. The Kier molecular flexibility index (Phi) is 15.5. The fraction of sp³-hybridized carbons (Fsp3) is 0.500. The first-order chi connectivity index (χ1) is 16.6. The lowest BCUT2D eigenvalue weighted by Gasteiger charge is -2.25. The zero-order chi connectivity index (χ0) is 25.2. The van der Waals surface area contributed by atoms with Gasteiger partial charge in [0.05, 0.1) is 31.2 Å².